The Kier molecular flexibility index (Phi) is 6.93. The zero-order chi connectivity index (χ0) is 15.1. The van der Waals surface area contributed by atoms with E-state index in [0.717, 1.165) is 52.2 Å². The van der Waals surface area contributed by atoms with Crippen molar-refractivity contribution in [2.75, 3.05) is 52.5 Å². The Morgan fingerprint density at radius 1 is 1.19 bits per heavy atom. The van der Waals surface area contributed by atoms with E-state index in [9.17, 15) is 4.79 Å². The van der Waals surface area contributed by atoms with E-state index in [1.165, 1.54) is 0 Å². The molecule has 21 heavy (non-hydrogen) atoms. The van der Waals surface area contributed by atoms with Crippen molar-refractivity contribution < 1.29 is 14.3 Å². The molecule has 5 nitrogen and oxygen atoms in total. The van der Waals surface area contributed by atoms with Crippen LogP contribution in [0.5, 0.6) is 0 Å². The summed E-state index contributed by atoms with van der Waals surface area (Å²) in [4.78, 5) is 16.4. The maximum Gasteiger partial charge on any atom is 0.224 e. The fourth-order valence-corrected chi connectivity index (χ4v) is 2.85. The molecule has 0 bridgehead atoms. The molecule has 2 rings (SSSR count). The molecule has 2 fully saturated rings. The molecule has 0 aliphatic carbocycles. The molecule has 0 spiro atoms. The number of hydrogen-bond acceptors (Lipinski definition) is 4. The number of hydrogen-bond donors (Lipinski definition) is 0. The van der Waals surface area contributed by atoms with Gasteiger partial charge in [0.25, 0.3) is 0 Å². The summed E-state index contributed by atoms with van der Waals surface area (Å²) < 4.78 is 11.2. The largest absolute Gasteiger partial charge is 0.378 e. The summed E-state index contributed by atoms with van der Waals surface area (Å²) in [6, 6.07) is 0. The first kappa shape index (κ1) is 16.7. The number of carbonyl (C=O) groups is 1. The lowest BCUT2D eigenvalue weighted by Crippen LogP contribution is -2.43. The van der Waals surface area contributed by atoms with Gasteiger partial charge in [-0.05, 0) is 18.8 Å². The topological polar surface area (TPSA) is 42.0 Å². The summed E-state index contributed by atoms with van der Waals surface area (Å²) >= 11 is 0. The third-order valence-corrected chi connectivity index (χ3v) is 4.21. The van der Waals surface area contributed by atoms with E-state index in [1.807, 2.05) is 4.90 Å². The molecule has 0 aromatic carbocycles. The van der Waals surface area contributed by atoms with Gasteiger partial charge in [-0.25, -0.2) is 0 Å². The highest BCUT2D eigenvalue weighted by atomic mass is 16.5. The molecule has 122 valence electrons. The minimum atomic E-state index is 0.275. The molecule has 0 unspecified atom stereocenters. The van der Waals surface area contributed by atoms with Crippen LogP contribution in [-0.4, -0.2) is 74.4 Å². The van der Waals surface area contributed by atoms with Crippen LogP contribution in [0.15, 0.2) is 0 Å². The van der Waals surface area contributed by atoms with Crippen molar-refractivity contribution in [1.29, 1.82) is 0 Å². The number of rotatable bonds is 6. The zero-order valence-corrected chi connectivity index (χ0v) is 13.6. The molecule has 0 radical (unpaired) electrons. The van der Waals surface area contributed by atoms with Gasteiger partial charge in [-0.15, -0.1) is 0 Å². The fourth-order valence-electron chi connectivity index (χ4n) is 2.85. The Morgan fingerprint density at radius 3 is 2.48 bits per heavy atom. The number of amides is 1. The number of ether oxygens (including phenoxy) is 2. The van der Waals surface area contributed by atoms with Crippen LogP contribution >= 0.6 is 0 Å². The van der Waals surface area contributed by atoms with Gasteiger partial charge in [-0.3, -0.25) is 4.79 Å². The molecule has 0 N–H and O–H groups in total. The molecule has 2 heterocycles. The first-order valence-electron chi connectivity index (χ1n) is 8.34. The summed E-state index contributed by atoms with van der Waals surface area (Å²) in [5.74, 6) is 0.880. The van der Waals surface area contributed by atoms with Crippen LogP contribution in [0.2, 0.25) is 0 Å². The summed E-state index contributed by atoms with van der Waals surface area (Å²) in [7, 11) is 0. The van der Waals surface area contributed by atoms with Gasteiger partial charge in [0.15, 0.2) is 0 Å². The zero-order valence-electron chi connectivity index (χ0n) is 13.6. The van der Waals surface area contributed by atoms with Gasteiger partial charge in [-0.2, -0.15) is 0 Å². The second-order valence-electron chi connectivity index (χ2n) is 6.51. The Bertz CT molecular complexity index is 309. The minimum Gasteiger partial charge on any atom is -0.378 e. The van der Waals surface area contributed by atoms with Gasteiger partial charge >= 0.3 is 0 Å². The molecule has 0 atom stereocenters. The monoisotopic (exact) mass is 298 g/mol. The Morgan fingerprint density at radius 2 is 1.86 bits per heavy atom. The molecule has 2 aliphatic heterocycles. The van der Waals surface area contributed by atoms with Crippen molar-refractivity contribution in [1.82, 2.24) is 9.80 Å². The Labute approximate surface area is 128 Å². The second-order valence-corrected chi connectivity index (χ2v) is 6.51. The lowest BCUT2D eigenvalue weighted by Gasteiger charge is -2.33. The summed E-state index contributed by atoms with van der Waals surface area (Å²) in [5.41, 5.74) is 0. The highest BCUT2D eigenvalue weighted by Gasteiger charge is 2.22. The van der Waals surface area contributed by atoms with Crippen LogP contribution in [-0.2, 0) is 14.3 Å². The quantitative estimate of drug-likeness (QED) is 0.743. The van der Waals surface area contributed by atoms with Gasteiger partial charge in [0.05, 0.1) is 19.3 Å². The van der Waals surface area contributed by atoms with E-state index < -0.39 is 0 Å². The van der Waals surface area contributed by atoms with Gasteiger partial charge in [0.2, 0.25) is 5.91 Å². The number of morpholine rings is 1. The summed E-state index contributed by atoms with van der Waals surface area (Å²) in [5, 5.41) is 0. The van der Waals surface area contributed by atoms with E-state index in [-0.39, 0.29) is 5.91 Å². The van der Waals surface area contributed by atoms with Crippen LogP contribution in [0, 0.1) is 5.92 Å². The maximum absolute atomic E-state index is 12.1. The molecule has 0 aromatic rings. The van der Waals surface area contributed by atoms with Crippen LogP contribution in [0.4, 0.5) is 0 Å². The van der Waals surface area contributed by atoms with E-state index in [0.29, 0.717) is 31.7 Å². The lowest BCUT2D eigenvalue weighted by atomic mass is 10.1. The standard InChI is InChI=1S/C16H30N2O3/c1-14(2)13-21-15-3-6-17(7-4-15)8-5-16(19)18-9-11-20-12-10-18/h14-15H,3-13H2,1-2H3. The van der Waals surface area contributed by atoms with Crippen molar-refractivity contribution in [3.8, 4) is 0 Å². The van der Waals surface area contributed by atoms with Crippen molar-refractivity contribution in [2.24, 2.45) is 5.92 Å². The predicted octanol–water partition coefficient (Wildman–Crippen LogP) is 1.37. The fraction of sp³-hybridized carbons (Fsp3) is 0.938. The average Bonchev–Trinajstić information content (AvgIpc) is 2.52. The minimum absolute atomic E-state index is 0.275. The number of nitrogens with zero attached hydrogens (tertiary/aromatic N) is 2. The van der Waals surface area contributed by atoms with Crippen molar-refractivity contribution in [3.05, 3.63) is 0 Å². The SMILES string of the molecule is CC(C)COC1CCN(CCC(=O)N2CCOCC2)CC1. The van der Waals surface area contributed by atoms with Gasteiger partial charge in [0.1, 0.15) is 0 Å². The summed E-state index contributed by atoms with van der Waals surface area (Å²) in [6.07, 6.45) is 3.24. The lowest BCUT2D eigenvalue weighted by molar-refractivity contribution is -0.135. The highest BCUT2D eigenvalue weighted by molar-refractivity contribution is 5.76. The molecule has 1 amide bonds. The van der Waals surface area contributed by atoms with E-state index in [4.69, 9.17) is 9.47 Å². The molecule has 5 heteroatoms. The van der Waals surface area contributed by atoms with Gasteiger partial charge in [0, 0.05) is 45.8 Å². The van der Waals surface area contributed by atoms with Crippen molar-refractivity contribution in [3.63, 3.8) is 0 Å². The molecule has 0 saturated carbocycles. The van der Waals surface area contributed by atoms with Crippen molar-refractivity contribution >= 4 is 5.91 Å². The van der Waals surface area contributed by atoms with E-state index in [2.05, 4.69) is 18.7 Å². The number of carbonyl (C=O) groups excluding carboxylic acids is 1. The predicted molar refractivity (Wildman–Crippen MR) is 82.3 cm³/mol. The van der Waals surface area contributed by atoms with Gasteiger partial charge < -0.3 is 19.3 Å². The Hall–Kier alpha value is -0.650. The number of likely N-dealkylation sites (tertiary alicyclic amines) is 1. The maximum atomic E-state index is 12.1. The Balaban J connectivity index is 1.59. The normalized spacial score (nSPS) is 22.0. The molecule has 0 aromatic heterocycles. The van der Waals surface area contributed by atoms with Gasteiger partial charge in [-0.1, -0.05) is 13.8 Å². The smallest absolute Gasteiger partial charge is 0.224 e. The highest BCUT2D eigenvalue weighted by Crippen LogP contribution is 2.15. The number of piperidine rings is 1. The molecule has 2 aliphatic rings. The van der Waals surface area contributed by atoms with Crippen molar-refractivity contribution in [2.45, 2.75) is 39.2 Å². The molecular weight excluding hydrogens is 268 g/mol. The van der Waals surface area contributed by atoms with Crippen LogP contribution in [0.1, 0.15) is 33.1 Å². The summed E-state index contributed by atoms with van der Waals surface area (Å²) in [6.45, 7) is 11.1. The first-order chi connectivity index (χ1) is 10.1. The van der Waals surface area contributed by atoms with E-state index >= 15 is 0 Å². The van der Waals surface area contributed by atoms with Crippen LogP contribution < -0.4 is 0 Å². The molecular formula is C16H30N2O3. The van der Waals surface area contributed by atoms with E-state index in [1.54, 1.807) is 0 Å². The van der Waals surface area contributed by atoms with Crippen LogP contribution in [0.3, 0.4) is 0 Å². The third-order valence-electron chi connectivity index (χ3n) is 4.21. The van der Waals surface area contributed by atoms with Crippen LogP contribution in [0.25, 0.3) is 0 Å². The molecule has 2 saturated heterocycles. The second kappa shape index (κ2) is 8.71. The first-order valence-corrected chi connectivity index (χ1v) is 8.34. The third kappa shape index (κ3) is 5.93. The average molecular weight is 298 g/mol.